The van der Waals surface area contributed by atoms with Crippen molar-refractivity contribution in [3.8, 4) is 0 Å². The summed E-state index contributed by atoms with van der Waals surface area (Å²) in [5, 5.41) is 21.0. The predicted molar refractivity (Wildman–Crippen MR) is 123 cm³/mol. The summed E-state index contributed by atoms with van der Waals surface area (Å²) in [7, 11) is 0. The maximum Gasteiger partial charge on any atom is 0.326 e. The van der Waals surface area contributed by atoms with Crippen molar-refractivity contribution in [2.75, 3.05) is 34.8 Å². The van der Waals surface area contributed by atoms with Crippen LogP contribution in [0.5, 0.6) is 0 Å². The Morgan fingerprint density at radius 1 is 1.30 bits per heavy atom. The first-order chi connectivity index (χ1) is 15.8. The van der Waals surface area contributed by atoms with E-state index in [-0.39, 0.29) is 36.0 Å². The van der Waals surface area contributed by atoms with E-state index in [4.69, 9.17) is 5.73 Å². The molecular formula is C19H23N7O6S. The monoisotopic (exact) mass is 477 g/mol. The van der Waals surface area contributed by atoms with Gasteiger partial charge in [-0.3, -0.25) is 19.4 Å². The van der Waals surface area contributed by atoms with Gasteiger partial charge in [-0.2, -0.15) is 4.98 Å². The van der Waals surface area contributed by atoms with Crippen molar-refractivity contribution in [1.82, 2.24) is 15.3 Å². The van der Waals surface area contributed by atoms with Gasteiger partial charge in [0.2, 0.25) is 5.95 Å². The number of H-pyrrole nitrogens is 1. The van der Waals surface area contributed by atoms with Crippen molar-refractivity contribution < 1.29 is 23.7 Å². The average molecular weight is 478 g/mol. The Balaban J connectivity index is 1.53. The minimum atomic E-state index is -1.26. The van der Waals surface area contributed by atoms with Crippen LogP contribution in [-0.4, -0.2) is 58.1 Å². The number of anilines is 4. The molecule has 0 saturated carbocycles. The number of carbonyl (C=O) groups is 3. The second kappa shape index (κ2) is 10.6. The minimum Gasteiger partial charge on any atom is -0.480 e. The average Bonchev–Trinajstić information content (AvgIpc) is 2.80. The molecule has 1 aliphatic rings. The summed E-state index contributed by atoms with van der Waals surface area (Å²) in [6.07, 6.45) is -0.329. The molecule has 2 atom stereocenters. The van der Waals surface area contributed by atoms with Crippen LogP contribution in [0, 0.1) is 0 Å². The Hall–Kier alpha value is -3.94. The molecule has 1 aromatic carbocycles. The topological polar surface area (TPSA) is 201 Å². The maximum atomic E-state index is 12.4. The van der Waals surface area contributed by atoms with Gasteiger partial charge in [-0.1, -0.05) is 0 Å². The van der Waals surface area contributed by atoms with E-state index in [1.807, 2.05) is 0 Å². The summed E-state index contributed by atoms with van der Waals surface area (Å²) in [4.78, 5) is 53.3. The smallest absolute Gasteiger partial charge is 0.326 e. The third kappa shape index (κ3) is 6.29. The van der Waals surface area contributed by atoms with Crippen LogP contribution in [0.4, 0.5) is 23.1 Å². The molecule has 1 unspecified atom stereocenters. The predicted octanol–water partition coefficient (Wildman–Crippen LogP) is 0.0214. The van der Waals surface area contributed by atoms with Crippen LogP contribution in [0.15, 0.2) is 29.1 Å². The summed E-state index contributed by atoms with van der Waals surface area (Å²) in [6, 6.07) is 5.05. The Morgan fingerprint density at radius 3 is 2.70 bits per heavy atom. The zero-order valence-corrected chi connectivity index (χ0v) is 18.1. The van der Waals surface area contributed by atoms with Crippen molar-refractivity contribution in [3.05, 3.63) is 40.2 Å². The number of amides is 1. The van der Waals surface area contributed by atoms with Crippen molar-refractivity contribution in [1.29, 1.82) is 0 Å². The number of nitrogens with one attached hydrogen (secondary N) is 5. The molecule has 3 rings (SSSR count). The first kappa shape index (κ1) is 23.7. The maximum absolute atomic E-state index is 12.4. The normalized spacial score (nSPS) is 15.2. The number of benzene rings is 1. The van der Waals surface area contributed by atoms with E-state index in [1.165, 1.54) is 12.1 Å². The number of nitrogens with two attached hydrogens (primary N) is 1. The van der Waals surface area contributed by atoms with Crippen molar-refractivity contribution in [2.45, 2.75) is 24.9 Å². The summed E-state index contributed by atoms with van der Waals surface area (Å²) in [6.45, 7) is 0.970. The fraction of sp³-hybridized carbons (Fsp3) is 0.316. The van der Waals surface area contributed by atoms with Crippen LogP contribution in [0.3, 0.4) is 0 Å². The largest absolute Gasteiger partial charge is 0.480 e. The molecule has 13 nitrogen and oxygen atoms in total. The molecule has 33 heavy (non-hydrogen) atoms. The molecule has 0 saturated heterocycles. The molecule has 0 aliphatic carbocycles. The van der Waals surface area contributed by atoms with E-state index in [9.17, 15) is 24.3 Å². The van der Waals surface area contributed by atoms with E-state index in [0.717, 1.165) is 5.69 Å². The number of fused-ring (bicyclic) bond motifs is 1. The summed E-state index contributed by atoms with van der Waals surface area (Å²) in [5.41, 5.74) is 6.45. The number of nitrogen functional groups attached to an aromatic ring is 1. The van der Waals surface area contributed by atoms with Gasteiger partial charge in [0, 0.05) is 43.7 Å². The van der Waals surface area contributed by atoms with E-state index >= 15 is 0 Å². The first-order valence-electron chi connectivity index (χ1n) is 9.89. The third-order valence-electron chi connectivity index (χ3n) is 4.84. The number of rotatable bonds is 9. The number of hydrogen-bond donors (Lipinski definition) is 8. The second-order valence-corrected chi connectivity index (χ2v) is 7.40. The highest BCUT2D eigenvalue weighted by Crippen LogP contribution is 2.20. The molecule has 1 amide bonds. The van der Waals surface area contributed by atoms with Gasteiger partial charge in [0.15, 0.2) is 5.82 Å². The van der Waals surface area contributed by atoms with Gasteiger partial charge in [0.25, 0.3) is 11.5 Å². The van der Waals surface area contributed by atoms with Crippen LogP contribution >= 0.6 is 12.9 Å². The molecule has 1 aromatic heterocycles. The SMILES string of the molecule is Nc1nc2c(c(=O)[nH]1)NC(CNc1ccc(C(=O)N[C@@H](CCC(=O)OS)C(=O)O)cc1)CN2. The van der Waals surface area contributed by atoms with Crippen LogP contribution in [0.25, 0.3) is 0 Å². The number of aliphatic carboxylic acids is 1. The van der Waals surface area contributed by atoms with Crippen LogP contribution in [-0.2, 0) is 13.8 Å². The molecule has 2 heterocycles. The second-order valence-electron chi connectivity index (χ2n) is 7.22. The number of aromatic nitrogens is 2. The van der Waals surface area contributed by atoms with Crippen LogP contribution in [0.1, 0.15) is 23.2 Å². The van der Waals surface area contributed by atoms with Crippen molar-refractivity contribution >= 4 is 53.9 Å². The molecule has 0 bridgehead atoms. The lowest BCUT2D eigenvalue weighted by molar-refractivity contribution is -0.139. The number of aromatic amines is 1. The molecule has 0 spiro atoms. The standard InChI is InChI=1S/C19H23N7O6S/c20-19-25-15-14(17(29)26-19)23-11(8-22-15)7-21-10-3-1-9(2-4-10)16(28)24-12(18(30)31)5-6-13(27)32-33/h1-4,11-12,21,23,33H,5-8H2,(H,24,28)(H,30,31)(H4,20,22,25,26,29)/t11?,12-/m0/s1. The van der Waals surface area contributed by atoms with Gasteiger partial charge in [-0.05, 0) is 30.7 Å². The van der Waals surface area contributed by atoms with E-state index < -0.39 is 23.9 Å². The zero-order valence-electron chi connectivity index (χ0n) is 17.3. The highest BCUT2D eigenvalue weighted by Gasteiger charge is 2.23. The lowest BCUT2D eigenvalue weighted by Gasteiger charge is -2.27. The van der Waals surface area contributed by atoms with E-state index in [0.29, 0.717) is 24.6 Å². The molecule has 0 fully saturated rings. The summed E-state index contributed by atoms with van der Waals surface area (Å²) >= 11 is 3.36. The minimum absolute atomic E-state index is 0.0311. The zero-order chi connectivity index (χ0) is 24.0. The highest BCUT2D eigenvalue weighted by molar-refractivity contribution is 7.75. The summed E-state index contributed by atoms with van der Waals surface area (Å²) in [5.74, 6) is -2.12. The number of carbonyl (C=O) groups excluding carboxylic acids is 2. The Kier molecular flexibility index (Phi) is 7.61. The highest BCUT2D eigenvalue weighted by atomic mass is 32.1. The lowest BCUT2D eigenvalue weighted by atomic mass is 10.1. The van der Waals surface area contributed by atoms with Crippen LogP contribution < -0.4 is 32.6 Å². The van der Waals surface area contributed by atoms with Crippen LogP contribution in [0.2, 0.25) is 0 Å². The Morgan fingerprint density at radius 2 is 2.03 bits per heavy atom. The number of nitrogens with zero attached hydrogens (tertiary/aromatic N) is 1. The number of carboxylic acids is 1. The fourth-order valence-electron chi connectivity index (χ4n) is 3.14. The molecule has 1 aliphatic heterocycles. The molecule has 8 N–H and O–H groups in total. The number of hydrogen-bond acceptors (Lipinski definition) is 11. The van der Waals surface area contributed by atoms with E-state index in [2.05, 4.69) is 48.3 Å². The van der Waals surface area contributed by atoms with Gasteiger partial charge in [-0.25, -0.2) is 4.79 Å². The van der Waals surface area contributed by atoms with Gasteiger partial charge in [0.1, 0.15) is 11.7 Å². The molecule has 14 heteroatoms. The Labute approximate surface area is 193 Å². The molecule has 0 radical (unpaired) electrons. The third-order valence-corrected chi connectivity index (χ3v) is 5.05. The first-order valence-corrected chi connectivity index (χ1v) is 10.3. The molecule has 2 aromatic rings. The fourth-order valence-corrected chi connectivity index (χ4v) is 3.23. The number of thiol groups is 1. The summed E-state index contributed by atoms with van der Waals surface area (Å²) < 4.78 is 4.19. The van der Waals surface area contributed by atoms with E-state index in [1.54, 1.807) is 12.1 Å². The van der Waals surface area contributed by atoms with Crippen molar-refractivity contribution in [2.24, 2.45) is 0 Å². The van der Waals surface area contributed by atoms with Crippen molar-refractivity contribution in [3.63, 3.8) is 0 Å². The molecular weight excluding hydrogens is 454 g/mol. The lowest BCUT2D eigenvalue weighted by Crippen LogP contribution is -2.41. The van der Waals surface area contributed by atoms with Gasteiger partial charge in [-0.15, -0.1) is 0 Å². The number of carboxylic acid groups (broad SMARTS) is 1. The van der Waals surface area contributed by atoms with Gasteiger partial charge >= 0.3 is 11.9 Å². The molecule has 176 valence electrons. The Bertz CT molecular complexity index is 1090. The van der Waals surface area contributed by atoms with Gasteiger partial charge in [0.05, 0.1) is 6.04 Å². The quantitative estimate of drug-likeness (QED) is 0.179. The van der Waals surface area contributed by atoms with Gasteiger partial charge < -0.3 is 36.3 Å².